The third kappa shape index (κ3) is 6.61. The molecule has 0 aromatic heterocycles. The summed E-state index contributed by atoms with van der Waals surface area (Å²) in [5.74, 6) is -0.300. The van der Waals surface area contributed by atoms with E-state index in [1.165, 1.54) is 6.07 Å². The molecule has 0 unspecified atom stereocenters. The molecule has 10 heteroatoms. The topological polar surface area (TPSA) is 65.6 Å². The normalized spacial score (nSPS) is 25.5. The minimum absolute atomic E-state index is 0.00905. The third-order valence-electron chi connectivity index (χ3n) is 10.8. The SMILES string of the molecule is COc1ccc([C@@H]2CN(C3CCOCC3)C[C@@]2(F)C(=O)N2CCC(c3ccc(F)cc3N3CCC(C(=O)N(C)C)CC3)CC2)cc1. The fourth-order valence-corrected chi connectivity index (χ4v) is 8.13. The van der Waals surface area contributed by atoms with Gasteiger partial charge in [0.25, 0.3) is 5.91 Å². The molecule has 250 valence electrons. The Morgan fingerprint density at radius 3 is 2.24 bits per heavy atom. The van der Waals surface area contributed by atoms with E-state index in [2.05, 4.69) is 9.80 Å². The number of piperidine rings is 2. The van der Waals surface area contributed by atoms with Crippen LogP contribution in [-0.4, -0.2) is 112 Å². The van der Waals surface area contributed by atoms with E-state index in [9.17, 15) is 14.0 Å². The molecule has 2 aromatic carbocycles. The number of anilines is 1. The van der Waals surface area contributed by atoms with Gasteiger partial charge in [-0.25, -0.2) is 8.78 Å². The van der Waals surface area contributed by atoms with E-state index in [4.69, 9.17) is 9.47 Å². The Bertz CT molecular complexity index is 1370. The number of carbonyl (C=O) groups is 2. The number of hydrogen-bond acceptors (Lipinski definition) is 6. The highest BCUT2D eigenvalue weighted by Gasteiger charge is 2.56. The second kappa shape index (κ2) is 13.9. The molecule has 0 aliphatic carbocycles. The lowest BCUT2D eigenvalue weighted by Gasteiger charge is -2.39. The second-order valence-electron chi connectivity index (χ2n) is 13.7. The molecule has 2 amide bonds. The average Bonchev–Trinajstić information content (AvgIpc) is 3.46. The van der Waals surface area contributed by atoms with Crippen molar-refractivity contribution in [1.29, 1.82) is 0 Å². The quantitative estimate of drug-likeness (QED) is 0.433. The first-order chi connectivity index (χ1) is 22.2. The summed E-state index contributed by atoms with van der Waals surface area (Å²) in [5.41, 5.74) is 0.733. The zero-order valence-corrected chi connectivity index (χ0v) is 27.4. The summed E-state index contributed by atoms with van der Waals surface area (Å²) in [6.45, 7) is 4.19. The van der Waals surface area contributed by atoms with Gasteiger partial charge < -0.3 is 24.2 Å². The monoisotopic (exact) mass is 638 g/mol. The fraction of sp³-hybridized carbons (Fsp3) is 0.611. The number of alkyl halides is 1. The number of rotatable bonds is 7. The maximum Gasteiger partial charge on any atom is 0.262 e. The summed E-state index contributed by atoms with van der Waals surface area (Å²) in [6, 6.07) is 12.7. The molecule has 0 N–H and O–H groups in total. The van der Waals surface area contributed by atoms with E-state index in [-0.39, 0.29) is 36.1 Å². The highest BCUT2D eigenvalue weighted by molar-refractivity contribution is 5.87. The number of hydrogen-bond donors (Lipinski definition) is 0. The molecule has 0 saturated carbocycles. The molecule has 4 aliphatic heterocycles. The molecule has 8 nitrogen and oxygen atoms in total. The van der Waals surface area contributed by atoms with Crippen LogP contribution in [0.2, 0.25) is 0 Å². The number of nitrogens with zero attached hydrogens (tertiary/aromatic N) is 4. The highest BCUT2D eigenvalue weighted by Crippen LogP contribution is 2.44. The lowest BCUT2D eigenvalue weighted by atomic mass is 9.83. The number of ether oxygens (including phenoxy) is 2. The summed E-state index contributed by atoms with van der Waals surface area (Å²) < 4.78 is 42.8. The molecule has 0 spiro atoms. The van der Waals surface area contributed by atoms with Crippen molar-refractivity contribution in [2.45, 2.75) is 62.1 Å². The molecule has 4 heterocycles. The van der Waals surface area contributed by atoms with Crippen molar-refractivity contribution in [1.82, 2.24) is 14.7 Å². The van der Waals surface area contributed by atoms with Gasteiger partial charge in [0.1, 0.15) is 11.6 Å². The van der Waals surface area contributed by atoms with Crippen molar-refractivity contribution >= 4 is 17.5 Å². The molecular formula is C36H48F2N4O4. The first-order valence-electron chi connectivity index (χ1n) is 16.9. The minimum Gasteiger partial charge on any atom is -0.497 e. The molecule has 4 saturated heterocycles. The summed E-state index contributed by atoms with van der Waals surface area (Å²) in [4.78, 5) is 34.4. The van der Waals surface area contributed by atoms with Crippen LogP contribution >= 0.6 is 0 Å². The van der Waals surface area contributed by atoms with Gasteiger partial charge in [-0.05, 0) is 79.8 Å². The Morgan fingerprint density at radius 1 is 0.935 bits per heavy atom. The number of methoxy groups -OCH3 is 1. The summed E-state index contributed by atoms with van der Waals surface area (Å²) >= 11 is 0. The number of benzene rings is 2. The predicted molar refractivity (Wildman–Crippen MR) is 174 cm³/mol. The van der Waals surface area contributed by atoms with Crippen LogP contribution < -0.4 is 9.64 Å². The van der Waals surface area contributed by atoms with Gasteiger partial charge in [-0.3, -0.25) is 14.5 Å². The van der Waals surface area contributed by atoms with Crippen molar-refractivity contribution in [2.75, 3.05) is 78.6 Å². The van der Waals surface area contributed by atoms with Crippen LogP contribution in [-0.2, 0) is 14.3 Å². The lowest BCUT2D eigenvalue weighted by molar-refractivity contribution is -0.145. The highest BCUT2D eigenvalue weighted by atomic mass is 19.1. The van der Waals surface area contributed by atoms with Gasteiger partial charge >= 0.3 is 0 Å². The molecule has 2 atom stereocenters. The first-order valence-corrected chi connectivity index (χ1v) is 16.9. The van der Waals surface area contributed by atoms with Crippen LogP contribution in [0.5, 0.6) is 5.75 Å². The smallest absolute Gasteiger partial charge is 0.262 e. The van der Waals surface area contributed by atoms with Crippen molar-refractivity contribution in [3.8, 4) is 5.75 Å². The Morgan fingerprint density at radius 2 is 1.61 bits per heavy atom. The number of likely N-dealkylation sites (tertiary alicyclic amines) is 2. The van der Waals surface area contributed by atoms with Gasteiger partial charge in [0.05, 0.1) is 7.11 Å². The van der Waals surface area contributed by atoms with E-state index in [0.29, 0.717) is 64.5 Å². The summed E-state index contributed by atoms with van der Waals surface area (Å²) in [5, 5.41) is 0. The van der Waals surface area contributed by atoms with Crippen LogP contribution in [0.25, 0.3) is 0 Å². The Kier molecular flexibility index (Phi) is 9.85. The third-order valence-corrected chi connectivity index (χ3v) is 10.8. The second-order valence-corrected chi connectivity index (χ2v) is 13.7. The van der Waals surface area contributed by atoms with Gasteiger partial charge in [-0.15, -0.1) is 0 Å². The molecule has 2 aromatic rings. The number of amides is 2. The van der Waals surface area contributed by atoms with Crippen molar-refractivity contribution in [2.24, 2.45) is 5.92 Å². The Labute approximate surface area is 271 Å². The molecule has 4 fully saturated rings. The van der Waals surface area contributed by atoms with E-state index >= 15 is 4.39 Å². The molecule has 6 rings (SSSR count). The molecular weight excluding hydrogens is 590 g/mol. The number of carbonyl (C=O) groups excluding carboxylic acids is 2. The van der Waals surface area contributed by atoms with E-state index in [0.717, 1.165) is 42.5 Å². The van der Waals surface area contributed by atoms with Gasteiger partial charge in [-0.2, -0.15) is 0 Å². The predicted octanol–water partition coefficient (Wildman–Crippen LogP) is 4.83. The number of halogens is 2. The van der Waals surface area contributed by atoms with Gasteiger partial charge in [0.2, 0.25) is 11.6 Å². The van der Waals surface area contributed by atoms with Crippen molar-refractivity contribution in [3.05, 3.63) is 59.4 Å². The molecule has 0 radical (unpaired) electrons. The van der Waals surface area contributed by atoms with Crippen LogP contribution in [0, 0.1) is 11.7 Å². The van der Waals surface area contributed by atoms with E-state index in [1.54, 1.807) is 37.1 Å². The summed E-state index contributed by atoms with van der Waals surface area (Å²) in [7, 11) is 5.18. The van der Waals surface area contributed by atoms with Gasteiger partial charge in [0.15, 0.2) is 0 Å². The maximum absolute atomic E-state index is 17.4. The van der Waals surface area contributed by atoms with Gasteiger partial charge in [0, 0.05) is 90.1 Å². The molecule has 0 bridgehead atoms. The lowest BCUT2D eigenvalue weighted by Crippen LogP contribution is -2.53. The fourth-order valence-electron chi connectivity index (χ4n) is 8.13. The van der Waals surface area contributed by atoms with Gasteiger partial charge in [-0.1, -0.05) is 18.2 Å². The van der Waals surface area contributed by atoms with Crippen LogP contribution in [0.15, 0.2) is 42.5 Å². The Hall–Kier alpha value is -3.24. The maximum atomic E-state index is 17.4. The molecule has 46 heavy (non-hydrogen) atoms. The summed E-state index contributed by atoms with van der Waals surface area (Å²) in [6.07, 6.45) is 4.53. The zero-order chi connectivity index (χ0) is 32.4. The zero-order valence-electron chi connectivity index (χ0n) is 27.4. The van der Waals surface area contributed by atoms with Crippen molar-refractivity contribution < 1.29 is 27.8 Å². The minimum atomic E-state index is -2.03. The standard InChI is InChI=1S/C36H48F2N4O4/c1-39(2)34(43)27-12-16-40(17-13-27)33-22-28(37)6-9-31(33)25-10-18-41(19-11-25)35(44)36(38)24-42(29-14-20-46-21-15-29)23-32(36)26-4-7-30(45-3)8-5-26/h4-9,22,25,27,29,32H,10-21,23-24H2,1-3H3/t32-,36-/m0/s1. The average molecular weight is 639 g/mol. The van der Waals surface area contributed by atoms with E-state index in [1.807, 2.05) is 30.3 Å². The Balaban J connectivity index is 1.16. The largest absolute Gasteiger partial charge is 0.497 e. The van der Waals surface area contributed by atoms with E-state index < -0.39 is 17.5 Å². The first kappa shape index (κ1) is 32.7. The van der Waals surface area contributed by atoms with Crippen LogP contribution in [0.4, 0.5) is 14.5 Å². The van der Waals surface area contributed by atoms with Crippen molar-refractivity contribution in [3.63, 3.8) is 0 Å². The van der Waals surface area contributed by atoms with Crippen LogP contribution in [0.3, 0.4) is 0 Å². The molecule has 4 aliphatic rings. The van der Waals surface area contributed by atoms with Crippen LogP contribution in [0.1, 0.15) is 61.5 Å².